The molecule has 3 rings (SSSR count). The molecule has 122 valence electrons. The minimum absolute atomic E-state index is 0.605. The van der Waals surface area contributed by atoms with E-state index in [1.54, 1.807) is 7.11 Å². The second-order valence-electron chi connectivity index (χ2n) is 6.35. The van der Waals surface area contributed by atoms with Gasteiger partial charge < -0.3 is 4.74 Å². The van der Waals surface area contributed by atoms with E-state index in [2.05, 4.69) is 9.97 Å². The van der Waals surface area contributed by atoms with Gasteiger partial charge in [-0.1, -0.05) is 11.6 Å². The van der Waals surface area contributed by atoms with Gasteiger partial charge in [0.25, 0.3) is 0 Å². The molecule has 0 unspecified atom stereocenters. The topological polar surface area (TPSA) is 35.0 Å². The van der Waals surface area contributed by atoms with E-state index in [-0.39, 0.29) is 0 Å². The molecule has 0 atom stereocenters. The Labute approximate surface area is 143 Å². The van der Waals surface area contributed by atoms with Crippen LogP contribution in [0.15, 0.2) is 36.7 Å². The molecule has 0 spiro atoms. The monoisotopic (exact) mass is 330 g/mol. The maximum atomic E-state index is 5.92. The number of rotatable bonds is 5. The summed E-state index contributed by atoms with van der Waals surface area (Å²) in [5, 5.41) is 0.732. The molecule has 0 radical (unpaired) electrons. The third-order valence-corrected chi connectivity index (χ3v) is 5.07. The van der Waals surface area contributed by atoms with E-state index in [0.29, 0.717) is 5.92 Å². The first-order valence-electron chi connectivity index (χ1n) is 8.33. The molecular weight excluding hydrogens is 308 g/mol. The Kier molecular flexibility index (Phi) is 5.63. The average Bonchev–Trinajstić information content (AvgIpc) is 2.61. The molecule has 1 heterocycles. The lowest BCUT2D eigenvalue weighted by molar-refractivity contribution is 0.163. The molecular formula is C19H23ClN2O. The molecule has 1 aliphatic carbocycles. The number of aromatic nitrogens is 2. The second kappa shape index (κ2) is 7.89. The molecule has 1 saturated carbocycles. The molecule has 23 heavy (non-hydrogen) atoms. The molecule has 0 saturated heterocycles. The summed E-state index contributed by atoms with van der Waals surface area (Å²) in [5.41, 5.74) is 2.28. The first-order chi connectivity index (χ1) is 11.3. The molecule has 1 aromatic carbocycles. The quantitative estimate of drug-likeness (QED) is 0.764. The van der Waals surface area contributed by atoms with Crippen molar-refractivity contribution in [1.82, 2.24) is 9.97 Å². The summed E-state index contributed by atoms with van der Waals surface area (Å²) in [6.07, 6.45) is 10.2. The van der Waals surface area contributed by atoms with Crippen LogP contribution in [0.4, 0.5) is 0 Å². The van der Waals surface area contributed by atoms with E-state index >= 15 is 0 Å². The Morgan fingerprint density at radius 2 is 1.70 bits per heavy atom. The fourth-order valence-electron chi connectivity index (χ4n) is 3.37. The number of nitrogens with zero attached hydrogens (tertiary/aromatic N) is 2. The SMILES string of the molecule is COCC[C@H]1CC[C@H](c2cnc(-c3ccc(Cl)cc3)nc2)CC1. The fraction of sp³-hybridized carbons (Fsp3) is 0.474. The van der Waals surface area contributed by atoms with E-state index in [9.17, 15) is 0 Å². The van der Waals surface area contributed by atoms with Gasteiger partial charge in [0.05, 0.1) is 0 Å². The number of hydrogen-bond acceptors (Lipinski definition) is 3. The van der Waals surface area contributed by atoms with E-state index in [4.69, 9.17) is 16.3 Å². The van der Waals surface area contributed by atoms with Crippen molar-refractivity contribution in [2.75, 3.05) is 13.7 Å². The van der Waals surface area contributed by atoms with Crippen LogP contribution >= 0.6 is 11.6 Å². The van der Waals surface area contributed by atoms with Crippen LogP contribution in [0.1, 0.15) is 43.6 Å². The first-order valence-corrected chi connectivity index (χ1v) is 8.71. The molecule has 0 amide bonds. The van der Waals surface area contributed by atoms with E-state index < -0.39 is 0 Å². The van der Waals surface area contributed by atoms with Gasteiger partial charge in [0.1, 0.15) is 0 Å². The Morgan fingerprint density at radius 1 is 1.04 bits per heavy atom. The summed E-state index contributed by atoms with van der Waals surface area (Å²) < 4.78 is 5.19. The van der Waals surface area contributed by atoms with Crippen molar-refractivity contribution in [2.45, 2.75) is 38.0 Å². The fourth-order valence-corrected chi connectivity index (χ4v) is 3.49. The predicted molar refractivity (Wildman–Crippen MR) is 93.7 cm³/mol. The van der Waals surface area contributed by atoms with Crippen molar-refractivity contribution in [1.29, 1.82) is 0 Å². The van der Waals surface area contributed by atoms with Gasteiger partial charge >= 0.3 is 0 Å². The Balaban J connectivity index is 1.61. The van der Waals surface area contributed by atoms with Crippen LogP contribution < -0.4 is 0 Å². The Bertz CT molecular complexity index is 604. The minimum atomic E-state index is 0.605. The highest BCUT2D eigenvalue weighted by molar-refractivity contribution is 6.30. The highest BCUT2D eigenvalue weighted by Gasteiger charge is 2.22. The van der Waals surface area contributed by atoms with Gasteiger partial charge in [-0.25, -0.2) is 9.97 Å². The molecule has 4 heteroatoms. The van der Waals surface area contributed by atoms with Crippen LogP contribution in [0.5, 0.6) is 0 Å². The van der Waals surface area contributed by atoms with Crippen molar-refractivity contribution in [3.05, 3.63) is 47.2 Å². The predicted octanol–water partition coefficient (Wildman–Crippen LogP) is 5.11. The standard InChI is InChI=1S/C19H23ClN2O/c1-23-11-10-14-2-4-15(5-3-14)17-12-21-19(22-13-17)16-6-8-18(20)9-7-16/h6-9,12-15H,2-5,10-11H2,1H3/t14-,15-. The van der Waals surface area contributed by atoms with Crippen LogP contribution in [0.3, 0.4) is 0 Å². The summed E-state index contributed by atoms with van der Waals surface area (Å²) in [4.78, 5) is 9.10. The number of ether oxygens (including phenoxy) is 1. The van der Waals surface area contributed by atoms with E-state index in [0.717, 1.165) is 28.9 Å². The van der Waals surface area contributed by atoms with Gasteiger partial charge in [-0.15, -0.1) is 0 Å². The molecule has 1 aromatic heterocycles. The molecule has 0 aliphatic heterocycles. The zero-order valence-corrected chi connectivity index (χ0v) is 14.3. The smallest absolute Gasteiger partial charge is 0.159 e. The summed E-state index contributed by atoms with van der Waals surface area (Å²) in [7, 11) is 1.78. The number of hydrogen-bond donors (Lipinski definition) is 0. The van der Waals surface area contributed by atoms with Gasteiger partial charge in [-0.3, -0.25) is 0 Å². The first kappa shape index (κ1) is 16.4. The molecule has 1 aliphatic rings. The average molecular weight is 331 g/mol. The van der Waals surface area contributed by atoms with Crippen molar-refractivity contribution in [3.63, 3.8) is 0 Å². The van der Waals surface area contributed by atoms with Gasteiger partial charge in [-0.2, -0.15) is 0 Å². The molecule has 1 fully saturated rings. The third kappa shape index (κ3) is 4.30. The van der Waals surface area contributed by atoms with E-state index in [1.807, 2.05) is 36.7 Å². The highest BCUT2D eigenvalue weighted by Crippen LogP contribution is 2.36. The third-order valence-electron chi connectivity index (χ3n) is 4.82. The lowest BCUT2D eigenvalue weighted by Gasteiger charge is -2.28. The second-order valence-corrected chi connectivity index (χ2v) is 6.78. The Morgan fingerprint density at radius 3 is 2.30 bits per heavy atom. The van der Waals surface area contributed by atoms with Gasteiger partial charge in [0.2, 0.25) is 0 Å². The zero-order chi connectivity index (χ0) is 16.1. The van der Waals surface area contributed by atoms with Gasteiger partial charge in [0.15, 0.2) is 5.82 Å². The highest BCUT2D eigenvalue weighted by atomic mass is 35.5. The van der Waals surface area contributed by atoms with Crippen LogP contribution in [0.2, 0.25) is 5.02 Å². The largest absolute Gasteiger partial charge is 0.385 e. The van der Waals surface area contributed by atoms with Crippen molar-refractivity contribution in [2.24, 2.45) is 5.92 Å². The summed E-state index contributed by atoms with van der Waals surface area (Å²) in [6, 6.07) is 7.65. The number of benzene rings is 1. The molecule has 0 bridgehead atoms. The van der Waals surface area contributed by atoms with Crippen molar-refractivity contribution < 1.29 is 4.74 Å². The van der Waals surface area contributed by atoms with Crippen LogP contribution in [-0.2, 0) is 4.74 Å². The van der Waals surface area contributed by atoms with Gasteiger partial charge in [0, 0.05) is 36.7 Å². The lowest BCUT2D eigenvalue weighted by atomic mass is 9.78. The zero-order valence-electron chi connectivity index (χ0n) is 13.5. The number of methoxy groups -OCH3 is 1. The van der Waals surface area contributed by atoms with E-state index in [1.165, 1.54) is 37.7 Å². The summed E-state index contributed by atoms with van der Waals surface area (Å²) in [6.45, 7) is 0.883. The van der Waals surface area contributed by atoms with Crippen LogP contribution in [-0.4, -0.2) is 23.7 Å². The molecule has 3 nitrogen and oxygen atoms in total. The van der Waals surface area contributed by atoms with Crippen molar-refractivity contribution in [3.8, 4) is 11.4 Å². The maximum Gasteiger partial charge on any atom is 0.159 e. The maximum absolute atomic E-state index is 5.92. The summed E-state index contributed by atoms with van der Waals surface area (Å²) in [5.74, 6) is 2.19. The van der Waals surface area contributed by atoms with Crippen molar-refractivity contribution >= 4 is 11.6 Å². The van der Waals surface area contributed by atoms with Crippen LogP contribution in [0, 0.1) is 5.92 Å². The normalized spacial score (nSPS) is 21.3. The number of halogens is 1. The Hall–Kier alpha value is -1.45. The van der Waals surface area contributed by atoms with Crippen LogP contribution in [0.25, 0.3) is 11.4 Å². The molecule has 0 N–H and O–H groups in total. The van der Waals surface area contributed by atoms with Gasteiger partial charge in [-0.05, 0) is 73.8 Å². The minimum Gasteiger partial charge on any atom is -0.385 e. The summed E-state index contributed by atoms with van der Waals surface area (Å²) >= 11 is 5.92. The molecule has 2 aromatic rings. The lowest BCUT2D eigenvalue weighted by Crippen LogP contribution is -2.15.